The topological polar surface area (TPSA) is 120 Å². The Balaban J connectivity index is 1.67. The second-order valence-electron chi connectivity index (χ2n) is 5.72. The van der Waals surface area contributed by atoms with E-state index >= 15 is 0 Å². The van der Waals surface area contributed by atoms with Crippen molar-refractivity contribution in [2.45, 2.75) is 12.6 Å². The van der Waals surface area contributed by atoms with Crippen molar-refractivity contribution in [3.63, 3.8) is 0 Å². The van der Waals surface area contributed by atoms with Crippen LogP contribution in [0, 0.1) is 5.82 Å². The number of halogens is 4. The second-order valence-corrected chi connectivity index (χ2v) is 6.70. The van der Waals surface area contributed by atoms with Crippen LogP contribution in [0.25, 0.3) is 0 Å². The standard InChI is InChI=1S/C17H11F4N5O3S/c18-10-6-8(7-12(27)24-16-26-25-15(30-16)17(19,20)21)3-4-11(10)29-14-9(13(22)28)2-1-5-23-14/h1-6H,7H2,(H2,22,28)(H,24,26,27). The highest BCUT2D eigenvalue weighted by Gasteiger charge is 2.35. The number of amides is 2. The number of benzene rings is 1. The van der Waals surface area contributed by atoms with Crippen LogP contribution in [0.1, 0.15) is 20.9 Å². The van der Waals surface area contributed by atoms with Crippen molar-refractivity contribution in [1.29, 1.82) is 0 Å². The number of primary amides is 1. The molecule has 0 aliphatic rings. The van der Waals surface area contributed by atoms with Crippen LogP contribution in [0.5, 0.6) is 11.6 Å². The summed E-state index contributed by atoms with van der Waals surface area (Å²) in [6.07, 6.45) is -3.67. The maximum Gasteiger partial charge on any atom is 0.445 e. The van der Waals surface area contributed by atoms with E-state index in [1.807, 2.05) is 0 Å². The Morgan fingerprint density at radius 1 is 1.20 bits per heavy atom. The number of hydrogen-bond donors (Lipinski definition) is 2. The molecule has 3 N–H and O–H groups in total. The molecule has 0 unspecified atom stereocenters. The van der Waals surface area contributed by atoms with Crippen LogP contribution >= 0.6 is 11.3 Å². The number of nitrogens with zero attached hydrogens (tertiary/aromatic N) is 3. The zero-order valence-corrected chi connectivity index (χ0v) is 15.6. The number of ether oxygens (including phenoxy) is 1. The number of nitrogens with one attached hydrogen (secondary N) is 1. The Bertz CT molecular complexity index is 1100. The van der Waals surface area contributed by atoms with Gasteiger partial charge in [-0.05, 0) is 29.8 Å². The van der Waals surface area contributed by atoms with Crippen molar-refractivity contribution >= 4 is 28.3 Å². The predicted octanol–water partition coefficient (Wildman–Crippen LogP) is 3.16. The van der Waals surface area contributed by atoms with Gasteiger partial charge in [-0.15, -0.1) is 10.2 Å². The molecule has 0 saturated carbocycles. The van der Waals surface area contributed by atoms with Gasteiger partial charge in [0.25, 0.3) is 5.91 Å². The summed E-state index contributed by atoms with van der Waals surface area (Å²) < 4.78 is 57.1. The molecule has 156 valence electrons. The van der Waals surface area contributed by atoms with Gasteiger partial charge in [-0.2, -0.15) is 13.2 Å². The fourth-order valence-corrected chi connectivity index (χ4v) is 2.87. The Morgan fingerprint density at radius 3 is 2.60 bits per heavy atom. The normalized spacial score (nSPS) is 11.2. The number of hydrogen-bond acceptors (Lipinski definition) is 7. The van der Waals surface area contributed by atoms with E-state index in [-0.39, 0.29) is 45.6 Å². The summed E-state index contributed by atoms with van der Waals surface area (Å²) in [4.78, 5) is 27.2. The van der Waals surface area contributed by atoms with Crippen molar-refractivity contribution in [2.75, 3.05) is 5.32 Å². The van der Waals surface area contributed by atoms with Gasteiger partial charge in [0.2, 0.25) is 21.9 Å². The summed E-state index contributed by atoms with van der Waals surface area (Å²) in [5, 5.41) is 6.83. The molecule has 8 nitrogen and oxygen atoms in total. The molecule has 0 saturated heterocycles. The van der Waals surface area contributed by atoms with Crippen molar-refractivity contribution in [3.05, 3.63) is 58.5 Å². The molecule has 0 aliphatic carbocycles. The molecule has 0 radical (unpaired) electrons. The first kappa shape index (κ1) is 21.1. The van der Waals surface area contributed by atoms with E-state index in [4.69, 9.17) is 10.5 Å². The van der Waals surface area contributed by atoms with Crippen molar-refractivity contribution in [2.24, 2.45) is 5.73 Å². The van der Waals surface area contributed by atoms with E-state index in [1.54, 1.807) is 0 Å². The van der Waals surface area contributed by atoms with Crippen LogP contribution in [-0.2, 0) is 17.4 Å². The molecular weight excluding hydrogens is 430 g/mol. The average molecular weight is 441 g/mol. The summed E-state index contributed by atoms with van der Waals surface area (Å²) in [7, 11) is 0. The summed E-state index contributed by atoms with van der Waals surface area (Å²) in [6.45, 7) is 0. The largest absolute Gasteiger partial charge is 0.445 e. The molecular formula is C17H11F4N5O3S. The quantitative estimate of drug-likeness (QED) is 0.567. The third-order valence-electron chi connectivity index (χ3n) is 3.52. The number of rotatable bonds is 6. The van der Waals surface area contributed by atoms with Crippen LogP contribution in [0.2, 0.25) is 0 Å². The molecule has 0 fully saturated rings. The van der Waals surface area contributed by atoms with Crippen LogP contribution in [-0.4, -0.2) is 27.0 Å². The molecule has 30 heavy (non-hydrogen) atoms. The molecule has 3 rings (SSSR count). The van der Waals surface area contributed by atoms with Gasteiger partial charge in [-0.25, -0.2) is 9.37 Å². The minimum atomic E-state index is -4.67. The fraction of sp³-hybridized carbons (Fsp3) is 0.118. The molecule has 0 atom stereocenters. The summed E-state index contributed by atoms with van der Waals surface area (Å²) in [6, 6.07) is 6.40. The molecule has 0 spiro atoms. The Labute approximate surface area is 169 Å². The minimum absolute atomic E-state index is 0.0457. The Kier molecular flexibility index (Phi) is 5.91. The predicted molar refractivity (Wildman–Crippen MR) is 96.5 cm³/mol. The Morgan fingerprint density at radius 2 is 1.97 bits per heavy atom. The lowest BCUT2D eigenvalue weighted by atomic mass is 10.1. The van der Waals surface area contributed by atoms with Crippen LogP contribution < -0.4 is 15.8 Å². The molecule has 2 amide bonds. The molecule has 13 heteroatoms. The Hall–Kier alpha value is -3.61. The van der Waals surface area contributed by atoms with Crippen LogP contribution in [0.4, 0.5) is 22.7 Å². The van der Waals surface area contributed by atoms with E-state index < -0.39 is 28.8 Å². The van der Waals surface area contributed by atoms with Gasteiger partial charge in [-0.3, -0.25) is 9.59 Å². The minimum Gasteiger partial charge on any atom is -0.435 e. The lowest BCUT2D eigenvalue weighted by Crippen LogP contribution is -2.14. The number of alkyl halides is 3. The first-order valence-corrected chi connectivity index (χ1v) is 8.87. The smallest absolute Gasteiger partial charge is 0.435 e. The molecule has 2 aromatic heterocycles. The number of anilines is 1. The van der Waals surface area contributed by atoms with Crippen LogP contribution in [0.15, 0.2) is 36.5 Å². The zero-order chi connectivity index (χ0) is 21.9. The highest BCUT2D eigenvalue weighted by atomic mass is 32.1. The number of pyridine rings is 1. The third kappa shape index (κ3) is 5.05. The lowest BCUT2D eigenvalue weighted by molar-refractivity contribution is -0.138. The number of nitrogens with two attached hydrogens (primary N) is 1. The maximum atomic E-state index is 14.3. The van der Waals surface area contributed by atoms with Gasteiger partial charge in [0.05, 0.1) is 6.42 Å². The van der Waals surface area contributed by atoms with Gasteiger partial charge in [0, 0.05) is 6.20 Å². The van der Waals surface area contributed by atoms with Crippen molar-refractivity contribution < 1.29 is 31.9 Å². The maximum absolute atomic E-state index is 14.3. The van der Waals surface area contributed by atoms with Crippen molar-refractivity contribution in [3.8, 4) is 11.6 Å². The van der Waals surface area contributed by atoms with E-state index in [9.17, 15) is 27.2 Å². The van der Waals surface area contributed by atoms with Gasteiger partial charge in [0.15, 0.2) is 11.6 Å². The highest BCUT2D eigenvalue weighted by Crippen LogP contribution is 2.33. The van der Waals surface area contributed by atoms with Gasteiger partial charge >= 0.3 is 6.18 Å². The molecule has 1 aromatic carbocycles. The molecule has 2 heterocycles. The van der Waals surface area contributed by atoms with E-state index in [2.05, 4.69) is 20.5 Å². The first-order valence-electron chi connectivity index (χ1n) is 8.05. The highest BCUT2D eigenvalue weighted by molar-refractivity contribution is 7.15. The first-order chi connectivity index (χ1) is 14.1. The second kappa shape index (κ2) is 8.41. The van der Waals surface area contributed by atoms with Gasteiger partial charge < -0.3 is 15.8 Å². The fourth-order valence-electron chi connectivity index (χ4n) is 2.24. The SMILES string of the molecule is NC(=O)c1cccnc1Oc1ccc(CC(=O)Nc2nnc(C(F)(F)F)s2)cc1F. The number of carbonyl (C=O) groups excluding carboxylic acids is 2. The average Bonchev–Trinajstić information content (AvgIpc) is 3.13. The van der Waals surface area contributed by atoms with Crippen molar-refractivity contribution in [1.82, 2.24) is 15.2 Å². The van der Waals surface area contributed by atoms with Gasteiger partial charge in [-0.1, -0.05) is 17.4 Å². The summed E-state index contributed by atoms with van der Waals surface area (Å²) in [5.41, 5.74) is 5.38. The lowest BCUT2D eigenvalue weighted by Gasteiger charge is -2.09. The van der Waals surface area contributed by atoms with E-state index in [1.165, 1.54) is 30.5 Å². The molecule has 3 aromatic rings. The molecule has 0 aliphatic heterocycles. The van der Waals surface area contributed by atoms with E-state index in [0.29, 0.717) is 0 Å². The zero-order valence-electron chi connectivity index (χ0n) is 14.7. The monoisotopic (exact) mass is 441 g/mol. The van der Waals surface area contributed by atoms with Crippen LogP contribution in [0.3, 0.4) is 0 Å². The summed E-state index contributed by atoms with van der Waals surface area (Å²) in [5.74, 6) is -2.83. The van der Waals surface area contributed by atoms with E-state index in [0.717, 1.165) is 6.07 Å². The summed E-state index contributed by atoms with van der Waals surface area (Å²) >= 11 is 0.171. The number of carbonyl (C=O) groups is 2. The molecule has 0 bridgehead atoms. The third-order valence-corrected chi connectivity index (χ3v) is 4.40. The number of aromatic nitrogens is 3. The van der Waals surface area contributed by atoms with Gasteiger partial charge in [0.1, 0.15) is 5.56 Å².